The predicted molar refractivity (Wildman–Crippen MR) is 73.7 cm³/mol. The summed E-state index contributed by atoms with van der Waals surface area (Å²) in [6.45, 7) is 6.94. The maximum Gasteiger partial charge on any atom is 0.339 e. The first kappa shape index (κ1) is 14.9. The highest BCUT2D eigenvalue weighted by atomic mass is 16.4. The number of carbonyl (C=O) groups excluding carboxylic acids is 1. The first-order chi connectivity index (χ1) is 9.03. The Kier molecular flexibility index (Phi) is 5.29. The minimum absolute atomic E-state index is 0.0950. The van der Waals surface area contributed by atoms with Crippen molar-refractivity contribution in [2.75, 3.05) is 23.3 Å². The van der Waals surface area contributed by atoms with Gasteiger partial charge in [-0.15, -0.1) is 0 Å². The molecule has 0 bridgehead atoms. The van der Waals surface area contributed by atoms with E-state index in [1.54, 1.807) is 6.92 Å². The van der Waals surface area contributed by atoms with Gasteiger partial charge in [0.05, 0.1) is 11.9 Å². The van der Waals surface area contributed by atoms with Crippen LogP contribution in [0.1, 0.15) is 37.6 Å². The minimum Gasteiger partial charge on any atom is -0.478 e. The smallest absolute Gasteiger partial charge is 0.339 e. The lowest BCUT2D eigenvalue weighted by Gasteiger charge is -2.21. The molecule has 6 heteroatoms. The Labute approximate surface area is 112 Å². The number of carboxylic acids is 1. The highest BCUT2D eigenvalue weighted by Gasteiger charge is 2.17. The molecule has 0 radical (unpaired) electrons. The van der Waals surface area contributed by atoms with E-state index in [0.29, 0.717) is 31.0 Å². The molecule has 0 aliphatic rings. The van der Waals surface area contributed by atoms with Crippen LogP contribution in [0.5, 0.6) is 0 Å². The first-order valence-electron chi connectivity index (χ1n) is 6.31. The Balaban J connectivity index is 3.14. The van der Waals surface area contributed by atoms with Gasteiger partial charge in [0.1, 0.15) is 11.4 Å². The average molecular weight is 265 g/mol. The summed E-state index contributed by atoms with van der Waals surface area (Å²) in [6.07, 6.45) is 1.81. The lowest BCUT2D eigenvalue weighted by atomic mass is 10.2. The van der Waals surface area contributed by atoms with E-state index in [1.165, 1.54) is 12.3 Å². The van der Waals surface area contributed by atoms with Gasteiger partial charge in [-0.25, -0.2) is 9.78 Å². The average Bonchev–Trinajstić information content (AvgIpc) is 2.41. The van der Waals surface area contributed by atoms with Crippen molar-refractivity contribution in [3.05, 3.63) is 17.8 Å². The summed E-state index contributed by atoms with van der Waals surface area (Å²) in [5.41, 5.74) is 0.498. The second-order valence-electron chi connectivity index (χ2n) is 3.97. The van der Waals surface area contributed by atoms with Gasteiger partial charge in [-0.05, 0) is 19.9 Å². The number of pyridine rings is 1. The fraction of sp³-hybridized carbons (Fsp3) is 0.462. The summed E-state index contributed by atoms with van der Waals surface area (Å²) >= 11 is 0. The van der Waals surface area contributed by atoms with Gasteiger partial charge in [0.2, 0.25) is 5.91 Å². The molecular weight excluding hydrogens is 246 g/mol. The van der Waals surface area contributed by atoms with Crippen LogP contribution in [0.15, 0.2) is 12.3 Å². The molecule has 0 aliphatic carbocycles. The maximum absolute atomic E-state index is 11.3. The summed E-state index contributed by atoms with van der Waals surface area (Å²) in [5.74, 6) is -0.803. The molecule has 0 unspecified atom stereocenters. The molecule has 0 aromatic carbocycles. The number of carbonyl (C=O) groups is 2. The Morgan fingerprint density at radius 3 is 2.42 bits per heavy atom. The van der Waals surface area contributed by atoms with Crippen LogP contribution in [-0.2, 0) is 4.79 Å². The molecule has 1 aromatic heterocycles. The second kappa shape index (κ2) is 6.72. The van der Waals surface area contributed by atoms with Crippen molar-refractivity contribution in [2.24, 2.45) is 0 Å². The van der Waals surface area contributed by atoms with E-state index in [-0.39, 0.29) is 11.5 Å². The summed E-state index contributed by atoms with van der Waals surface area (Å²) in [6, 6.07) is 1.44. The van der Waals surface area contributed by atoms with Crippen LogP contribution in [0.4, 0.5) is 11.5 Å². The zero-order valence-corrected chi connectivity index (χ0v) is 11.4. The number of nitrogens with one attached hydrogen (secondary N) is 1. The van der Waals surface area contributed by atoms with Crippen LogP contribution in [0.2, 0.25) is 0 Å². The van der Waals surface area contributed by atoms with Crippen LogP contribution in [0.25, 0.3) is 0 Å². The monoisotopic (exact) mass is 265 g/mol. The number of nitrogens with zero attached hydrogens (tertiary/aromatic N) is 2. The maximum atomic E-state index is 11.3. The third kappa shape index (κ3) is 3.67. The Morgan fingerprint density at radius 2 is 1.95 bits per heavy atom. The van der Waals surface area contributed by atoms with Gasteiger partial charge in [0, 0.05) is 19.5 Å². The number of aromatic carboxylic acids is 1. The van der Waals surface area contributed by atoms with E-state index in [9.17, 15) is 14.7 Å². The van der Waals surface area contributed by atoms with Gasteiger partial charge in [-0.1, -0.05) is 6.92 Å². The van der Waals surface area contributed by atoms with E-state index in [0.717, 1.165) is 0 Å². The molecule has 19 heavy (non-hydrogen) atoms. The summed E-state index contributed by atoms with van der Waals surface area (Å²) in [5, 5.41) is 11.8. The lowest BCUT2D eigenvalue weighted by molar-refractivity contribution is -0.115. The lowest BCUT2D eigenvalue weighted by Crippen LogP contribution is -2.25. The first-order valence-corrected chi connectivity index (χ1v) is 6.31. The number of rotatable bonds is 6. The number of carboxylic acid groups (broad SMARTS) is 1. The highest BCUT2D eigenvalue weighted by Crippen LogP contribution is 2.21. The van der Waals surface area contributed by atoms with Crippen molar-refractivity contribution in [2.45, 2.75) is 27.2 Å². The largest absolute Gasteiger partial charge is 0.478 e. The fourth-order valence-corrected chi connectivity index (χ4v) is 1.71. The van der Waals surface area contributed by atoms with Gasteiger partial charge in [0.25, 0.3) is 0 Å². The quantitative estimate of drug-likeness (QED) is 0.821. The van der Waals surface area contributed by atoms with Crippen LogP contribution < -0.4 is 10.2 Å². The molecule has 1 aromatic rings. The van der Waals surface area contributed by atoms with Crippen LogP contribution in [0, 0.1) is 0 Å². The molecule has 6 nitrogen and oxygen atoms in total. The van der Waals surface area contributed by atoms with E-state index >= 15 is 0 Å². The van der Waals surface area contributed by atoms with Crippen molar-refractivity contribution >= 4 is 23.4 Å². The molecule has 0 fully saturated rings. The Morgan fingerprint density at radius 1 is 1.32 bits per heavy atom. The number of hydrogen-bond donors (Lipinski definition) is 2. The van der Waals surface area contributed by atoms with E-state index in [4.69, 9.17) is 0 Å². The number of hydrogen-bond acceptors (Lipinski definition) is 4. The van der Waals surface area contributed by atoms with E-state index in [1.807, 2.05) is 18.7 Å². The van der Waals surface area contributed by atoms with Crippen LogP contribution in [0.3, 0.4) is 0 Å². The van der Waals surface area contributed by atoms with E-state index in [2.05, 4.69) is 10.3 Å². The molecule has 0 atom stereocenters. The van der Waals surface area contributed by atoms with Gasteiger partial charge in [0.15, 0.2) is 0 Å². The van der Waals surface area contributed by atoms with Crippen molar-refractivity contribution < 1.29 is 14.7 Å². The molecule has 1 rings (SSSR count). The predicted octanol–water partition coefficient (Wildman–Crippen LogP) is 1.97. The molecule has 0 saturated heterocycles. The van der Waals surface area contributed by atoms with Gasteiger partial charge < -0.3 is 15.3 Å². The normalized spacial score (nSPS) is 10.1. The van der Waals surface area contributed by atoms with Crippen molar-refractivity contribution in [1.82, 2.24) is 4.98 Å². The van der Waals surface area contributed by atoms with Gasteiger partial charge >= 0.3 is 5.97 Å². The van der Waals surface area contributed by atoms with E-state index < -0.39 is 5.97 Å². The topological polar surface area (TPSA) is 82.5 Å². The van der Waals surface area contributed by atoms with Gasteiger partial charge in [-0.2, -0.15) is 0 Å². The number of amides is 1. The minimum atomic E-state index is -1.05. The summed E-state index contributed by atoms with van der Waals surface area (Å²) in [4.78, 5) is 28.6. The molecule has 0 saturated carbocycles. The van der Waals surface area contributed by atoms with Crippen molar-refractivity contribution in [3.63, 3.8) is 0 Å². The third-order valence-electron chi connectivity index (χ3n) is 2.76. The highest BCUT2D eigenvalue weighted by molar-refractivity contribution is 5.96. The number of anilines is 2. The third-order valence-corrected chi connectivity index (χ3v) is 2.76. The zero-order chi connectivity index (χ0) is 14.4. The van der Waals surface area contributed by atoms with Crippen molar-refractivity contribution in [3.8, 4) is 0 Å². The van der Waals surface area contributed by atoms with Gasteiger partial charge in [-0.3, -0.25) is 4.79 Å². The molecule has 0 aliphatic heterocycles. The fourth-order valence-electron chi connectivity index (χ4n) is 1.71. The Hall–Kier alpha value is -2.11. The molecule has 104 valence electrons. The second-order valence-corrected chi connectivity index (χ2v) is 3.97. The SMILES string of the molecule is CCC(=O)Nc1cnc(N(CC)CC)c(C(=O)O)c1. The molecule has 1 heterocycles. The zero-order valence-electron chi connectivity index (χ0n) is 11.4. The molecule has 2 N–H and O–H groups in total. The molecule has 0 spiro atoms. The van der Waals surface area contributed by atoms with Crippen molar-refractivity contribution in [1.29, 1.82) is 0 Å². The summed E-state index contributed by atoms with van der Waals surface area (Å²) < 4.78 is 0. The van der Waals surface area contributed by atoms with Crippen LogP contribution >= 0.6 is 0 Å². The summed E-state index contributed by atoms with van der Waals surface area (Å²) in [7, 11) is 0. The molecular formula is C13H19N3O3. The molecule has 1 amide bonds. The Bertz CT molecular complexity index is 470. The van der Waals surface area contributed by atoms with Crippen LogP contribution in [-0.4, -0.2) is 35.1 Å². The standard InChI is InChI=1S/C13H19N3O3/c1-4-11(17)15-9-7-10(13(18)19)12(14-8-9)16(5-2)6-3/h7-8H,4-6H2,1-3H3,(H,15,17)(H,18,19). The number of aromatic nitrogens is 1.